The average Bonchev–Trinajstić information content (AvgIpc) is 2.74. The van der Waals surface area contributed by atoms with Gasteiger partial charge in [-0.05, 0) is 36.2 Å². The van der Waals surface area contributed by atoms with E-state index in [1.54, 1.807) is 6.07 Å². The number of carboxylic acids is 1. The normalized spacial score (nSPS) is 9.97. The molecular formula is C19H15ClN4O6S. The fourth-order valence-electron chi connectivity index (χ4n) is 2.11. The van der Waals surface area contributed by atoms with Gasteiger partial charge in [-0.15, -0.1) is 0 Å². The molecule has 0 aliphatic carbocycles. The number of aliphatic carboxylic acids is 1. The van der Waals surface area contributed by atoms with Crippen LogP contribution in [0.2, 0.25) is 5.15 Å². The molecule has 0 fully saturated rings. The number of halogens is 1. The maximum absolute atomic E-state index is 10.5. The third kappa shape index (κ3) is 8.36. The maximum Gasteiger partial charge on any atom is 0.303 e. The molecule has 1 N–H and O–H groups in total. The van der Waals surface area contributed by atoms with Gasteiger partial charge in [0.15, 0.2) is 0 Å². The molecule has 0 radical (unpaired) electrons. The van der Waals surface area contributed by atoms with Gasteiger partial charge in [0.1, 0.15) is 22.6 Å². The Balaban J connectivity index is 0.000000285. The number of hydrogen-bond donors (Lipinski definition) is 1. The monoisotopic (exact) mass is 462 g/mol. The zero-order valence-corrected chi connectivity index (χ0v) is 17.3. The molecule has 3 aromatic rings. The lowest BCUT2D eigenvalue weighted by molar-refractivity contribution is -0.385. The molecule has 0 unspecified atom stereocenters. The van der Waals surface area contributed by atoms with Crippen molar-refractivity contribution in [2.24, 2.45) is 0 Å². The molecule has 0 saturated carbocycles. The van der Waals surface area contributed by atoms with Crippen molar-refractivity contribution in [1.82, 2.24) is 9.97 Å². The summed E-state index contributed by atoms with van der Waals surface area (Å²) >= 11 is 6.77. The van der Waals surface area contributed by atoms with Crippen molar-refractivity contribution < 1.29 is 19.7 Å². The van der Waals surface area contributed by atoms with E-state index in [4.69, 9.17) is 16.7 Å². The minimum atomic E-state index is -0.816. The molecule has 0 saturated heterocycles. The summed E-state index contributed by atoms with van der Waals surface area (Å²) in [6.45, 7) is 0. The van der Waals surface area contributed by atoms with Crippen molar-refractivity contribution in [3.05, 3.63) is 91.9 Å². The summed E-state index contributed by atoms with van der Waals surface area (Å²) in [5, 5.41) is 30.1. The van der Waals surface area contributed by atoms with Crippen LogP contribution in [0.1, 0.15) is 12.0 Å². The van der Waals surface area contributed by atoms with Crippen molar-refractivity contribution in [3.63, 3.8) is 0 Å². The van der Waals surface area contributed by atoms with E-state index in [2.05, 4.69) is 9.97 Å². The maximum atomic E-state index is 10.5. The second-order valence-electron chi connectivity index (χ2n) is 5.85. The van der Waals surface area contributed by atoms with E-state index in [0.717, 1.165) is 16.7 Å². The first kappa shape index (κ1) is 23.7. The Labute approximate surface area is 185 Å². The highest BCUT2D eigenvalue weighted by atomic mass is 35.5. The van der Waals surface area contributed by atoms with Crippen LogP contribution < -0.4 is 0 Å². The molecule has 2 heterocycles. The Morgan fingerprint density at radius 1 is 0.935 bits per heavy atom. The van der Waals surface area contributed by atoms with E-state index < -0.39 is 15.8 Å². The molecule has 0 atom stereocenters. The molecule has 160 valence electrons. The van der Waals surface area contributed by atoms with Crippen molar-refractivity contribution in [3.8, 4) is 0 Å². The Hall–Kier alpha value is -3.57. The van der Waals surface area contributed by atoms with E-state index in [1.165, 1.54) is 36.2 Å². The number of hydrogen-bond acceptors (Lipinski definition) is 8. The number of rotatable bonds is 7. The Morgan fingerprint density at radius 2 is 1.52 bits per heavy atom. The third-order valence-electron chi connectivity index (χ3n) is 3.63. The van der Waals surface area contributed by atoms with E-state index in [0.29, 0.717) is 11.4 Å². The molecule has 31 heavy (non-hydrogen) atoms. The van der Waals surface area contributed by atoms with Crippen molar-refractivity contribution >= 4 is 40.7 Å². The first-order chi connectivity index (χ1) is 14.7. The van der Waals surface area contributed by atoms with Crippen LogP contribution >= 0.6 is 23.4 Å². The zero-order chi connectivity index (χ0) is 22.8. The fourth-order valence-corrected chi connectivity index (χ4v) is 2.98. The molecule has 1 aromatic carbocycles. The first-order valence-corrected chi connectivity index (χ1v) is 9.79. The van der Waals surface area contributed by atoms with Crippen LogP contribution in [0.25, 0.3) is 0 Å². The number of aryl methyl sites for hydroxylation is 1. The van der Waals surface area contributed by atoms with Crippen molar-refractivity contribution in [2.75, 3.05) is 0 Å². The van der Waals surface area contributed by atoms with Gasteiger partial charge in [0.25, 0.3) is 11.4 Å². The van der Waals surface area contributed by atoms with Gasteiger partial charge in [0.05, 0.1) is 9.85 Å². The summed E-state index contributed by atoms with van der Waals surface area (Å²) in [4.78, 5) is 38.5. The van der Waals surface area contributed by atoms with Crippen LogP contribution in [-0.2, 0) is 11.2 Å². The van der Waals surface area contributed by atoms with Crippen LogP contribution in [-0.4, -0.2) is 30.9 Å². The number of nitrogens with zero attached hydrogens (tertiary/aromatic N) is 4. The Kier molecular flexibility index (Phi) is 8.85. The van der Waals surface area contributed by atoms with Crippen molar-refractivity contribution in [1.29, 1.82) is 0 Å². The number of nitro groups is 2. The lowest BCUT2D eigenvalue weighted by Crippen LogP contribution is -1.97. The summed E-state index contributed by atoms with van der Waals surface area (Å²) in [5.41, 5.74) is 0.867. The zero-order valence-electron chi connectivity index (χ0n) is 15.8. The van der Waals surface area contributed by atoms with Crippen LogP contribution in [0.3, 0.4) is 0 Å². The second kappa shape index (κ2) is 11.6. The van der Waals surface area contributed by atoms with Crippen molar-refractivity contribution in [2.45, 2.75) is 22.8 Å². The number of aromatic nitrogens is 2. The predicted molar refractivity (Wildman–Crippen MR) is 113 cm³/mol. The summed E-state index contributed by atoms with van der Waals surface area (Å²) in [6.07, 6.45) is 2.94. The molecule has 12 heteroatoms. The number of carbonyl (C=O) groups is 1. The van der Waals surface area contributed by atoms with Gasteiger partial charge < -0.3 is 5.11 Å². The molecule has 0 amide bonds. The third-order valence-corrected chi connectivity index (χ3v) is 4.81. The second-order valence-corrected chi connectivity index (χ2v) is 7.33. The molecule has 0 spiro atoms. The number of carboxylic acid groups (broad SMARTS) is 1. The highest BCUT2D eigenvalue weighted by molar-refractivity contribution is 7.99. The Bertz CT molecular complexity index is 1050. The highest BCUT2D eigenvalue weighted by Crippen LogP contribution is 2.27. The summed E-state index contributed by atoms with van der Waals surface area (Å²) in [6, 6.07) is 13.2. The lowest BCUT2D eigenvalue weighted by atomic mass is 10.1. The number of benzene rings is 1. The average molecular weight is 463 g/mol. The van der Waals surface area contributed by atoms with Gasteiger partial charge in [-0.3, -0.25) is 25.0 Å². The van der Waals surface area contributed by atoms with Crippen LogP contribution in [0.15, 0.2) is 70.8 Å². The lowest BCUT2D eigenvalue weighted by Gasteiger charge is -2.03. The molecule has 10 nitrogen and oxygen atoms in total. The highest BCUT2D eigenvalue weighted by Gasteiger charge is 2.07. The van der Waals surface area contributed by atoms with E-state index >= 15 is 0 Å². The van der Waals surface area contributed by atoms with Gasteiger partial charge in [0.2, 0.25) is 0 Å². The largest absolute Gasteiger partial charge is 0.481 e. The topological polar surface area (TPSA) is 149 Å². The summed E-state index contributed by atoms with van der Waals surface area (Å²) in [5.74, 6) is -0.816. The van der Waals surface area contributed by atoms with E-state index in [-0.39, 0.29) is 22.9 Å². The minimum absolute atomic E-state index is 0.0385. The summed E-state index contributed by atoms with van der Waals surface area (Å²) in [7, 11) is 0. The van der Waals surface area contributed by atoms with E-state index in [9.17, 15) is 25.0 Å². The van der Waals surface area contributed by atoms with Gasteiger partial charge in [-0.25, -0.2) is 9.97 Å². The predicted octanol–water partition coefficient (Wildman–Crippen LogP) is 4.80. The van der Waals surface area contributed by atoms with Crippen LogP contribution in [0.5, 0.6) is 0 Å². The molecular weight excluding hydrogens is 448 g/mol. The SMILES string of the molecule is O=C(O)CCc1ccc(Sc2ccc([N+](=O)[O-])cn2)cc1.O=[N+]([O-])c1ccc(Cl)nc1. The minimum Gasteiger partial charge on any atom is -0.481 e. The smallest absolute Gasteiger partial charge is 0.303 e. The molecule has 0 aliphatic rings. The molecule has 3 rings (SSSR count). The quantitative estimate of drug-likeness (QED) is 0.296. The van der Waals surface area contributed by atoms with Gasteiger partial charge >= 0.3 is 5.97 Å². The Morgan fingerprint density at radius 3 is 1.97 bits per heavy atom. The molecule has 0 aliphatic heterocycles. The summed E-state index contributed by atoms with van der Waals surface area (Å²) < 4.78 is 0. The van der Waals surface area contributed by atoms with Crippen LogP contribution in [0, 0.1) is 20.2 Å². The van der Waals surface area contributed by atoms with Gasteiger partial charge in [-0.2, -0.15) is 0 Å². The van der Waals surface area contributed by atoms with Crippen LogP contribution in [0.4, 0.5) is 11.4 Å². The number of pyridine rings is 2. The van der Waals surface area contributed by atoms with E-state index in [1.807, 2.05) is 24.3 Å². The first-order valence-electron chi connectivity index (χ1n) is 8.59. The standard InChI is InChI=1S/C14H12N2O4S.C5H3ClN2O2/c17-14(18)8-3-10-1-5-12(6-2-10)21-13-7-4-11(9-15-13)16(19)20;6-5-2-1-4(3-7-5)8(9)10/h1-2,4-7,9H,3,8H2,(H,17,18);1-3H. The fraction of sp³-hybridized carbons (Fsp3) is 0.105. The van der Waals surface area contributed by atoms with Gasteiger partial charge in [0, 0.05) is 23.4 Å². The molecule has 2 aromatic heterocycles. The van der Waals surface area contributed by atoms with Gasteiger partial charge in [-0.1, -0.05) is 35.5 Å². The molecule has 0 bridgehead atoms.